The van der Waals surface area contributed by atoms with Crippen molar-refractivity contribution in [1.29, 1.82) is 0 Å². The van der Waals surface area contributed by atoms with Gasteiger partial charge in [0, 0.05) is 24.5 Å². The van der Waals surface area contributed by atoms with Crippen LogP contribution in [0.1, 0.15) is 45.2 Å². The van der Waals surface area contributed by atoms with E-state index in [0.717, 1.165) is 10.5 Å². The SMILES string of the molecule is CCN1c2ncnc(OC3CN(C(=O)OC(C)(C)C)CC3(F)F)c2NC1c1cnc(C)nc1. The lowest BCUT2D eigenvalue weighted by atomic mass is 10.2. The number of hydrogen-bond acceptors (Lipinski definition) is 9. The van der Waals surface area contributed by atoms with E-state index < -0.39 is 30.3 Å². The minimum atomic E-state index is -3.28. The van der Waals surface area contributed by atoms with Gasteiger partial charge in [0.25, 0.3) is 0 Å². The van der Waals surface area contributed by atoms with Gasteiger partial charge in [-0.05, 0) is 34.6 Å². The molecule has 0 saturated carbocycles. The Morgan fingerprint density at radius 1 is 1.24 bits per heavy atom. The zero-order valence-electron chi connectivity index (χ0n) is 19.2. The second-order valence-electron chi connectivity index (χ2n) is 9.00. The molecule has 178 valence electrons. The third-order valence-corrected chi connectivity index (χ3v) is 5.28. The lowest BCUT2D eigenvalue weighted by Crippen LogP contribution is -2.37. The molecule has 2 aromatic rings. The van der Waals surface area contributed by atoms with Gasteiger partial charge in [-0.25, -0.2) is 28.5 Å². The number of rotatable bonds is 4. The Morgan fingerprint density at radius 2 is 1.94 bits per heavy atom. The van der Waals surface area contributed by atoms with Gasteiger partial charge in [0.1, 0.15) is 29.6 Å². The smallest absolute Gasteiger partial charge is 0.410 e. The highest BCUT2D eigenvalue weighted by Gasteiger charge is 2.53. The normalized spacial score (nSPS) is 21.5. The number of carbonyl (C=O) groups is 1. The summed E-state index contributed by atoms with van der Waals surface area (Å²) < 4.78 is 40.4. The third-order valence-electron chi connectivity index (χ3n) is 5.28. The van der Waals surface area contributed by atoms with Crippen LogP contribution in [0, 0.1) is 6.92 Å². The van der Waals surface area contributed by atoms with Crippen molar-refractivity contribution in [1.82, 2.24) is 24.8 Å². The van der Waals surface area contributed by atoms with Gasteiger partial charge in [-0.3, -0.25) is 4.90 Å². The molecule has 4 heterocycles. The molecule has 2 aliphatic heterocycles. The predicted octanol–water partition coefficient (Wildman–Crippen LogP) is 3.16. The quantitative estimate of drug-likeness (QED) is 0.732. The fraction of sp³-hybridized carbons (Fsp3) is 0.571. The summed E-state index contributed by atoms with van der Waals surface area (Å²) >= 11 is 0. The highest BCUT2D eigenvalue weighted by molar-refractivity contribution is 5.77. The molecule has 0 radical (unpaired) electrons. The summed E-state index contributed by atoms with van der Waals surface area (Å²) in [6.07, 6.45) is 1.93. The molecule has 4 rings (SSSR count). The molecule has 0 spiro atoms. The van der Waals surface area contributed by atoms with Crippen molar-refractivity contribution in [3.63, 3.8) is 0 Å². The first kappa shape index (κ1) is 22.9. The van der Waals surface area contributed by atoms with Crippen molar-refractivity contribution < 1.29 is 23.0 Å². The Bertz CT molecular complexity index is 1030. The summed E-state index contributed by atoms with van der Waals surface area (Å²) in [5, 5.41) is 3.25. The van der Waals surface area contributed by atoms with Crippen molar-refractivity contribution in [3.8, 4) is 5.88 Å². The fourth-order valence-corrected chi connectivity index (χ4v) is 3.75. The summed E-state index contributed by atoms with van der Waals surface area (Å²) in [6.45, 7) is 8.24. The summed E-state index contributed by atoms with van der Waals surface area (Å²) in [5.41, 5.74) is 0.395. The van der Waals surface area contributed by atoms with Crippen LogP contribution >= 0.6 is 0 Å². The van der Waals surface area contributed by atoms with E-state index in [-0.39, 0.29) is 18.6 Å². The molecular formula is C21H27F2N7O3. The number of halogens is 2. The number of aryl methyl sites for hydroxylation is 1. The van der Waals surface area contributed by atoms with E-state index in [1.54, 1.807) is 40.1 Å². The Kier molecular flexibility index (Phi) is 5.71. The molecule has 2 atom stereocenters. The highest BCUT2D eigenvalue weighted by Crippen LogP contribution is 2.44. The molecule has 2 aromatic heterocycles. The average molecular weight is 463 g/mol. The van der Waals surface area contributed by atoms with E-state index in [0.29, 0.717) is 23.9 Å². The van der Waals surface area contributed by atoms with E-state index >= 15 is 0 Å². The number of hydrogen-bond donors (Lipinski definition) is 1. The molecule has 1 N–H and O–H groups in total. The maximum absolute atomic E-state index is 14.7. The number of alkyl halides is 2. The van der Waals surface area contributed by atoms with E-state index in [1.807, 2.05) is 11.8 Å². The van der Waals surface area contributed by atoms with Crippen molar-refractivity contribution >= 4 is 17.6 Å². The molecule has 1 amide bonds. The number of amides is 1. The second-order valence-corrected chi connectivity index (χ2v) is 9.00. The number of likely N-dealkylation sites (tertiary alicyclic amines) is 1. The topological polar surface area (TPSA) is 106 Å². The number of fused-ring (bicyclic) bond motifs is 1. The maximum atomic E-state index is 14.7. The molecule has 33 heavy (non-hydrogen) atoms. The molecule has 2 aliphatic rings. The van der Waals surface area contributed by atoms with Gasteiger partial charge in [0.2, 0.25) is 5.88 Å². The Balaban J connectivity index is 1.56. The van der Waals surface area contributed by atoms with Crippen LogP contribution in [0.3, 0.4) is 0 Å². The Labute approximate surface area is 190 Å². The minimum Gasteiger partial charge on any atom is -0.464 e. The number of nitrogens with one attached hydrogen (secondary N) is 1. The molecule has 1 fully saturated rings. The molecule has 12 heteroatoms. The second kappa shape index (κ2) is 8.23. The van der Waals surface area contributed by atoms with Crippen LogP contribution in [-0.4, -0.2) is 68.2 Å². The van der Waals surface area contributed by atoms with E-state index in [2.05, 4.69) is 25.3 Å². The van der Waals surface area contributed by atoms with Crippen molar-refractivity contribution in [2.75, 3.05) is 29.9 Å². The van der Waals surface area contributed by atoms with Crippen LogP contribution in [-0.2, 0) is 4.74 Å². The van der Waals surface area contributed by atoms with E-state index in [1.165, 1.54) is 6.33 Å². The average Bonchev–Trinajstić information content (AvgIpc) is 3.25. The minimum absolute atomic E-state index is 0.00954. The van der Waals surface area contributed by atoms with Gasteiger partial charge >= 0.3 is 12.0 Å². The first-order valence-electron chi connectivity index (χ1n) is 10.7. The van der Waals surface area contributed by atoms with Crippen LogP contribution in [0.25, 0.3) is 0 Å². The van der Waals surface area contributed by atoms with Gasteiger partial charge in [-0.2, -0.15) is 4.98 Å². The summed E-state index contributed by atoms with van der Waals surface area (Å²) in [7, 11) is 0. The first-order chi connectivity index (χ1) is 15.5. The summed E-state index contributed by atoms with van der Waals surface area (Å²) in [5.74, 6) is -2.12. The van der Waals surface area contributed by atoms with Gasteiger partial charge in [0.15, 0.2) is 11.9 Å². The maximum Gasteiger partial charge on any atom is 0.410 e. The van der Waals surface area contributed by atoms with Crippen LogP contribution in [0.2, 0.25) is 0 Å². The van der Waals surface area contributed by atoms with Crippen LogP contribution in [0.15, 0.2) is 18.7 Å². The molecule has 1 saturated heterocycles. The van der Waals surface area contributed by atoms with Crippen LogP contribution in [0.5, 0.6) is 5.88 Å². The van der Waals surface area contributed by atoms with Crippen LogP contribution in [0.4, 0.5) is 25.1 Å². The van der Waals surface area contributed by atoms with Crippen molar-refractivity contribution in [2.24, 2.45) is 0 Å². The summed E-state index contributed by atoms with van der Waals surface area (Å²) in [4.78, 5) is 32.1. The number of carbonyl (C=O) groups excluding carboxylic acids is 1. The van der Waals surface area contributed by atoms with Crippen LogP contribution < -0.4 is 15.0 Å². The fourth-order valence-electron chi connectivity index (χ4n) is 3.75. The lowest BCUT2D eigenvalue weighted by molar-refractivity contribution is -0.0634. The van der Waals surface area contributed by atoms with Crippen molar-refractivity contribution in [3.05, 3.63) is 30.1 Å². The van der Waals surface area contributed by atoms with Gasteiger partial charge < -0.3 is 19.7 Å². The van der Waals surface area contributed by atoms with Gasteiger partial charge in [-0.15, -0.1) is 0 Å². The number of nitrogens with zero attached hydrogens (tertiary/aromatic N) is 6. The predicted molar refractivity (Wildman–Crippen MR) is 115 cm³/mol. The molecule has 10 nitrogen and oxygen atoms in total. The zero-order valence-corrected chi connectivity index (χ0v) is 19.2. The van der Waals surface area contributed by atoms with Gasteiger partial charge in [0.05, 0.1) is 13.1 Å². The highest BCUT2D eigenvalue weighted by atomic mass is 19.3. The summed E-state index contributed by atoms with van der Waals surface area (Å²) in [6, 6.07) is 0. The monoisotopic (exact) mass is 463 g/mol. The number of ether oxygens (including phenoxy) is 2. The number of anilines is 2. The number of aromatic nitrogens is 4. The Hall–Kier alpha value is -3.31. The molecule has 0 aromatic carbocycles. The van der Waals surface area contributed by atoms with Crippen molar-refractivity contribution in [2.45, 2.75) is 58.4 Å². The Morgan fingerprint density at radius 3 is 2.58 bits per heavy atom. The third kappa shape index (κ3) is 4.60. The van der Waals surface area contributed by atoms with Gasteiger partial charge in [-0.1, -0.05) is 0 Å². The largest absolute Gasteiger partial charge is 0.464 e. The standard InChI is InChI=1S/C21H27F2N7O3/c1-6-30-16(13-7-24-12(2)25-8-13)28-15-17(30)26-11-27-18(15)32-14-9-29(10-21(14,22)23)19(31)33-20(3,4)5/h7-8,11,14,16,28H,6,9-10H2,1-5H3. The van der Waals surface area contributed by atoms with E-state index in [4.69, 9.17) is 9.47 Å². The lowest BCUT2D eigenvalue weighted by Gasteiger charge is -2.24. The molecule has 0 aliphatic carbocycles. The zero-order chi connectivity index (χ0) is 24.0. The molecule has 2 unspecified atom stereocenters. The van der Waals surface area contributed by atoms with E-state index in [9.17, 15) is 13.6 Å². The first-order valence-corrected chi connectivity index (χ1v) is 10.7. The molecule has 0 bridgehead atoms. The molecular weight excluding hydrogens is 436 g/mol.